The summed E-state index contributed by atoms with van der Waals surface area (Å²) < 4.78 is 23.9. The summed E-state index contributed by atoms with van der Waals surface area (Å²) in [5.41, 5.74) is 5.94. The minimum absolute atomic E-state index is 0.0226. The number of carbonyl (C=O) groups is 1. The van der Waals surface area contributed by atoms with Crippen LogP contribution in [0, 0.1) is 0 Å². The predicted octanol–water partition coefficient (Wildman–Crippen LogP) is 2.08. The van der Waals surface area contributed by atoms with Crippen LogP contribution in [0.2, 0.25) is 0 Å². The van der Waals surface area contributed by atoms with Gasteiger partial charge in [0.15, 0.2) is 9.84 Å². The van der Waals surface area contributed by atoms with Crippen molar-refractivity contribution < 1.29 is 13.2 Å². The average molecular weight is 333 g/mol. The SMILES string of the molecule is CCCNC(=O)c1sc(NC(C)CC)c(S(C)(=O)=O)c1N. The normalized spacial score (nSPS) is 13.0. The predicted molar refractivity (Wildman–Crippen MR) is 87.8 cm³/mol. The Kier molecular flexibility index (Phi) is 6.03. The molecule has 1 rings (SSSR count). The molecule has 0 spiro atoms. The number of hydrogen-bond acceptors (Lipinski definition) is 6. The van der Waals surface area contributed by atoms with E-state index >= 15 is 0 Å². The van der Waals surface area contributed by atoms with Gasteiger partial charge in [0.05, 0.1) is 5.69 Å². The lowest BCUT2D eigenvalue weighted by Crippen LogP contribution is -2.24. The van der Waals surface area contributed by atoms with Gasteiger partial charge in [0, 0.05) is 18.8 Å². The Bertz CT molecular complexity index is 608. The number of nitrogens with two attached hydrogens (primary N) is 1. The molecule has 1 aromatic heterocycles. The highest BCUT2D eigenvalue weighted by Gasteiger charge is 2.27. The van der Waals surface area contributed by atoms with E-state index in [0.29, 0.717) is 11.5 Å². The first-order chi connectivity index (χ1) is 9.72. The fraction of sp³-hybridized carbons (Fsp3) is 0.615. The van der Waals surface area contributed by atoms with E-state index in [1.54, 1.807) is 0 Å². The second-order valence-electron chi connectivity index (χ2n) is 4.98. The summed E-state index contributed by atoms with van der Waals surface area (Å²) in [6.07, 6.45) is 2.73. The van der Waals surface area contributed by atoms with Crippen molar-refractivity contribution in [2.75, 3.05) is 23.9 Å². The number of nitrogen functional groups attached to an aromatic ring is 1. The van der Waals surface area contributed by atoms with Crippen LogP contribution in [0.15, 0.2) is 4.90 Å². The Morgan fingerprint density at radius 3 is 2.48 bits per heavy atom. The monoisotopic (exact) mass is 333 g/mol. The van der Waals surface area contributed by atoms with Crippen LogP contribution in [0.3, 0.4) is 0 Å². The third-order valence-electron chi connectivity index (χ3n) is 3.00. The van der Waals surface area contributed by atoms with E-state index in [9.17, 15) is 13.2 Å². The molecule has 1 unspecified atom stereocenters. The van der Waals surface area contributed by atoms with Crippen molar-refractivity contribution in [1.29, 1.82) is 0 Å². The van der Waals surface area contributed by atoms with Gasteiger partial charge < -0.3 is 16.4 Å². The van der Waals surface area contributed by atoms with E-state index in [-0.39, 0.29) is 27.4 Å². The molecule has 1 amide bonds. The average Bonchev–Trinajstić information content (AvgIpc) is 2.72. The molecule has 0 fully saturated rings. The molecule has 0 saturated heterocycles. The second kappa shape index (κ2) is 7.13. The lowest BCUT2D eigenvalue weighted by atomic mass is 10.2. The van der Waals surface area contributed by atoms with Crippen LogP contribution in [0.5, 0.6) is 0 Å². The molecular weight excluding hydrogens is 310 g/mol. The second-order valence-corrected chi connectivity index (χ2v) is 7.96. The molecule has 1 atom stereocenters. The summed E-state index contributed by atoms with van der Waals surface area (Å²) in [7, 11) is -3.51. The number of anilines is 2. The number of sulfone groups is 1. The summed E-state index contributed by atoms with van der Waals surface area (Å²) in [4.78, 5) is 12.3. The fourth-order valence-electron chi connectivity index (χ4n) is 1.71. The van der Waals surface area contributed by atoms with Crippen LogP contribution in [0.1, 0.15) is 43.3 Å². The summed E-state index contributed by atoms with van der Waals surface area (Å²) in [6, 6.07) is 0.0927. The Balaban J connectivity index is 3.27. The van der Waals surface area contributed by atoms with Gasteiger partial charge in [0.1, 0.15) is 14.8 Å². The molecule has 0 aromatic carbocycles. The van der Waals surface area contributed by atoms with Gasteiger partial charge in [-0.2, -0.15) is 0 Å². The highest BCUT2D eigenvalue weighted by atomic mass is 32.2. The zero-order valence-electron chi connectivity index (χ0n) is 12.8. The largest absolute Gasteiger partial charge is 0.396 e. The number of rotatable bonds is 7. The third-order valence-corrected chi connectivity index (χ3v) is 5.43. The van der Waals surface area contributed by atoms with E-state index in [1.807, 2.05) is 20.8 Å². The van der Waals surface area contributed by atoms with Crippen molar-refractivity contribution in [3.8, 4) is 0 Å². The summed E-state index contributed by atoms with van der Waals surface area (Å²) in [5.74, 6) is -0.332. The van der Waals surface area contributed by atoms with Crippen molar-refractivity contribution in [3.63, 3.8) is 0 Å². The fourth-order valence-corrected chi connectivity index (χ4v) is 4.29. The molecule has 1 heterocycles. The molecule has 0 bridgehead atoms. The maximum atomic E-state index is 12.1. The Morgan fingerprint density at radius 1 is 1.38 bits per heavy atom. The molecule has 0 aliphatic heterocycles. The molecule has 6 nitrogen and oxygen atoms in total. The van der Waals surface area contributed by atoms with Crippen LogP contribution in [-0.4, -0.2) is 33.2 Å². The highest BCUT2D eigenvalue weighted by molar-refractivity contribution is 7.91. The smallest absolute Gasteiger partial charge is 0.263 e. The molecule has 0 aliphatic rings. The summed E-state index contributed by atoms with van der Waals surface area (Å²) >= 11 is 1.09. The Morgan fingerprint density at radius 2 is 2.00 bits per heavy atom. The first-order valence-corrected chi connectivity index (χ1v) is 9.60. The van der Waals surface area contributed by atoms with Gasteiger partial charge in [0.25, 0.3) is 5.91 Å². The van der Waals surface area contributed by atoms with Crippen LogP contribution >= 0.6 is 11.3 Å². The highest BCUT2D eigenvalue weighted by Crippen LogP contribution is 2.39. The van der Waals surface area contributed by atoms with E-state index in [2.05, 4.69) is 10.6 Å². The molecule has 0 saturated carbocycles. The van der Waals surface area contributed by atoms with Crippen LogP contribution in [-0.2, 0) is 9.84 Å². The van der Waals surface area contributed by atoms with E-state index in [0.717, 1.165) is 30.4 Å². The van der Waals surface area contributed by atoms with Gasteiger partial charge in [-0.3, -0.25) is 4.79 Å². The Hall–Kier alpha value is -1.28. The lowest BCUT2D eigenvalue weighted by molar-refractivity contribution is 0.0958. The maximum absolute atomic E-state index is 12.1. The molecular formula is C13H23N3O3S2. The summed E-state index contributed by atoms with van der Waals surface area (Å²) in [5, 5.41) is 6.27. The van der Waals surface area contributed by atoms with E-state index in [1.165, 1.54) is 0 Å². The van der Waals surface area contributed by atoms with Crippen molar-refractivity contribution >= 4 is 37.8 Å². The van der Waals surface area contributed by atoms with Crippen molar-refractivity contribution in [3.05, 3.63) is 4.88 Å². The molecule has 0 radical (unpaired) electrons. The standard InChI is InChI=1S/C13H23N3O3S2/c1-5-7-15-12(17)10-9(14)11(21(4,18)19)13(20-10)16-8(3)6-2/h8,16H,5-7,14H2,1-4H3,(H,15,17). The maximum Gasteiger partial charge on any atom is 0.263 e. The van der Waals surface area contributed by atoms with Gasteiger partial charge in [-0.1, -0.05) is 13.8 Å². The quantitative estimate of drug-likeness (QED) is 0.709. The van der Waals surface area contributed by atoms with Crippen molar-refractivity contribution in [1.82, 2.24) is 5.32 Å². The molecule has 4 N–H and O–H groups in total. The van der Waals surface area contributed by atoms with Crippen molar-refractivity contribution in [2.24, 2.45) is 0 Å². The van der Waals surface area contributed by atoms with Gasteiger partial charge in [0.2, 0.25) is 0 Å². The molecule has 1 aromatic rings. The summed E-state index contributed by atoms with van der Waals surface area (Å²) in [6.45, 7) is 6.40. The van der Waals surface area contributed by atoms with Crippen molar-refractivity contribution in [2.45, 2.75) is 44.6 Å². The van der Waals surface area contributed by atoms with E-state index in [4.69, 9.17) is 5.73 Å². The number of amides is 1. The third kappa shape index (κ3) is 4.34. The molecule has 0 aliphatic carbocycles. The first-order valence-electron chi connectivity index (χ1n) is 6.89. The zero-order valence-corrected chi connectivity index (χ0v) is 14.5. The number of nitrogens with one attached hydrogen (secondary N) is 2. The molecule has 120 valence electrons. The van der Waals surface area contributed by atoms with Gasteiger partial charge in [-0.15, -0.1) is 11.3 Å². The Labute approximate surface area is 130 Å². The van der Waals surface area contributed by atoms with Crippen LogP contribution in [0.4, 0.5) is 10.7 Å². The number of carbonyl (C=O) groups excluding carboxylic acids is 1. The molecule has 8 heteroatoms. The van der Waals surface area contributed by atoms with Crippen LogP contribution in [0.25, 0.3) is 0 Å². The van der Waals surface area contributed by atoms with E-state index < -0.39 is 9.84 Å². The number of hydrogen-bond donors (Lipinski definition) is 3. The molecule has 21 heavy (non-hydrogen) atoms. The lowest BCUT2D eigenvalue weighted by Gasteiger charge is -2.12. The van der Waals surface area contributed by atoms with Gasteiger partial charge in [-0.05, 0) is 19.8 Å². The number of thiophene rings is 1. The van der Waals surface area contributed by atoms with Gasteiger partial charge in [-0.25, -0.2) is 8.42 Å². The first kappa shape index (κ1) is 17.8. The van der Waals surface area contributed by atoms with Gasteiger partial charge >= 0.3 is 0 Å². The minimum Gasteiger partial charge on any atom is -0.396 e. The topological polar surface area (TPSA) is 101 Å². The zero-order chi connectivity index (χ0) is 16.2. The van der Waals surface area contributed by atoms with Crippen LogP contribution < -0.4 is 16.4 Å². The minimum atomic E-state index is -3.51.